The van der Waals surface area contributed by atoms with Crippen LogP contribution in [-0.2, 0) is 9.53 Å². The van der Waals surface area contributed by atoms with Gasteiger partial charge in [0.1, 0.15) is 5.00 Å². The van der Waals surface area contributed by atoms with Gasteiger partial charge >= 0.3 is 6.09 Å². The molecule has 2 rings (SSSR count). The Labute approximate surface area is 157 Å². The van der Waals surface area contributed by atoms with Gasteiger partial charge in [0.2, 0.25) is 5.91 Å². The number of carbonyl (C=O) groups excluding carboxylic acids is 3. The number of thiophene rings is 1. The summed E-state index contributed by atoms with van der Waals surface area (Å²) in [7, 11) is 1.16. The fourth-order valence-electron chi connectivity index (χ4n) is 1.78. The van der Waals surface area contributed by atoms with Crippen LogP contribution >= 0.6 is 34.7 Å². The second-order valence-corrected chi connectivity index (χ2v) is 7.23. The molecule has 2 aromatic rings. The van der Waals surface area contributed by atoms with Crippen LogP contribution in [0, 0.1) is 0 Å². The molecule has 0 spiro atoms. The summed E-state index contributed by atoms with van der Waals surface area (Å²) in [5.41, 5.74) is 0.217. The second kappa shape index (κ2) is 9.45. The smallest absolute Gasteiger partial charge is 0.413 e. The van der Waals surface area contributed by atoms with Crippen molar-refractivity contribution in [1.29, 1.82) is 0 Å². The first-order valence-corrected chi connectivity index (χ1v) is 9.39. The number of hydrogen-bond donors (Lipinski definition) is 2. The van der Waals surface area contributed by atoms with E-state index in [1.54, 1.807) is 17.5 Å². The molecule has 0 fully saturated rings. The zero-order chi connectivity index (χ0) is 18.2. The molecule has 2 N–H and O–H groups in total. The normalized spacial score (nSPS) is 10.2. The molecular formula is C16H15ClN2O4S2. The number of carbonyl (C=O) groups is 3. The molecule has 3 amide bonds. The van der Waals surface area contributed by atoms with E-state index in [1.807, 2.05) is 12.1 Å². The van der Waals surface area contributed by atoms with E-state index in [4.69, 9.17) is 11.6 Å². The highest BCUT2D eigenvalue weighted by Gasteiger charge is 2.17. The van der Waals surface area contributed by atoms with Gasteiger partial charge in [-0.25, -0.2) is 4.79 Å². The lowest BCUT2D eigenvalue weighted by atomic mass is 10.3. The molecule has 0 radical (unpaired) electrons. The fourth-order valence-corrected chi connectivity index (χ4v) is 3.56. The van der Waals surface area contributed by atoms with Crippen molar-refractivity contribution in [3.63, 3.8) is 0 Å². The van der Waals surface area contributed by atoms with Gasteiger partial charge in [-0.2, -0.15) is 0 Å². The Balaban J connectivity index is 1.84. The predicted molar refractivity (Wildman–Crippen MR) is 99.6 cm³/mol. The Kier molecular flexibility index (Phi) is 7.30. The molecule has 0 saturated carbocycles. The lowest BCUT2D eigenvalue weighted by Gasteiger charge is -2.06. The van der Waals surface area contributed by atoms with Crippen LogP contribution in [0.2, 0.25) is 5.02 Å². The maximum absolute atomic E-state index is 12.0. The summed E-state index contributed by atoms with van der Waals surface area (Å²) >= 11 is 8.56. The standard InChI is InChI=1S/C16H15ClN2O4S2/c1-23-16(22)19-14(21)12-6-8-25-15(12)18-13(20)7-9-24-11-4-2-10(17)3-5-11/h2-6,8H,7,9H2,1H3,(H,18,20)(H,19,21,22). The zero-order valence-corrected chi connectivity index (χ0v) is 15.6. The van der Waals surface area contributed by atoms with Crippen LogP contribution in [0.3, 0.4) is 0 Å². The first kappa shape index (κ1) is 19.3. The fraction of sp³-hybridized carbons (Fsp3) is 0.188. The van der Waals surface area contributed by atoms with Crippen molar-refractivity contribution in [3.05, 3.63) is 46.3 Å². The number of rotatable bonds is 6. The summed E-state index contributed by atoms with van der Waals surface area (Å²) in [5, 5.41) is 7.46. The molecule has 25 heavy (non-hydrogen) atoms. The van der Waals surface area contributed by atoms with E-state index in [1.165, 1.54) is 29.2 Å². The van der Waals surface area contributed by atoms with Crippen molar-refractivity contribution in [2.24, 2.45) is 0 Å². The van der Waals surface area contributed by atoms with Crippen LogP contribution < -0.4 is 10.6 Å². The number of hydrogen-bond acceptors (Lipinski definition) is 6. The molecule has 1 aromatic heterocycles. The third kappa shape index (κ3) is 6.08. The third-order valence-corrected chi connectivity index (χ3v) is 5.07. The van der Waals surface area contributed by atoms with Gasteiger partial charge in [-0.05, 0) is 35.7 Å². The largest absolute Gasteiger partial charge is 0.453 e. The minimum atomic E-state index is -0.854. The molecule has 0 saturated heterocycles. The average molecular weight is 399 g/mol. The Morgan fingerprint density at radius 1 is 1.20 bits per heavy atom. The summed E-state index contributed by atoms with van der Waals surface area (Å²) in [6.45, 7) is 0. The summed E-state index contributed by atoms with van der Waals surface area (Å²) < 4.78 is 4.38. The first-order valence-electron chi connectivity index (χ1n) is 7.14. The number of methoxy groups -OCH3 is 1. The van der Waals surface area contributed by atoms with Crippen molar-refractivity contribution in [3.8, 4) is 0 Å². The van der Waals surface area contributed by atoms with Crippen molar-refractivity contribution in [1.82, 2.24) is 5.32 Å². The summed E-state index contributed by atoms with van der Waals surface area (Å²) in [6, 6.07) is 8.89. The van der Waals surface area contributed by atoms with Crippen molar-refractivity contribution < 1.29 is 19.1 Å². The lowest BCUT2D eigenvalue weighted by Crippen LogP contribution is -2.30. The monoisotopic (exact) mass is 398 g/mol. The van der Waals surface area contributed by atoms with Crippen LogP contribution in [0.15, 0.2) is 40.6 Å². The van der Waals surface area contributed by atoms with Gasteiger partial charge in [0, 0.05) is 22.1 Å². The Morgan fingerprint density at radius 3 is 2.60 bits per heavy atom. The highest BCUT2D eigenvalue weighted by Crippen LogP contribution is 2.24. The van der Waals surface area contributed by atoms with Crippen LogP contribution in [0.5, 0.6) is 0 Å². The maximum Gasteiger partial charge on any atom is 0.413 e. The van der Waals surface area contributed by atoms with E-state index >= 15 is 0 Å². The van der Waals surface area contributed by atoms with Crippen LogP contribution in [0.4, 0.5) is 9.80 Å². The van der Waals surface area contributed by atoms with Crippen LogP contribution in [0.1, 0.15) is 16.8 Å². The van der Waals surface area contributed by atoms with Gasteiger partial charge in [0.05, 0.1) is 12.7 Å². The summed E-state index contributed by atoms with van der Waals surface area (Å²) in [5.74, 6) is -0.252. The van der Waals surface area contributed by atoms with Crippen molar-refractivity contribution in [2.75, 3.05) is 18.2 Å². The number of imide groups is 1. The Morgan fingerprint density at radius 2 is 1.92 bits per heavy atom. The van der Waals surface area contributed by atoms with Gasteiger partial charge < -0.3 is 10.1 Å². The number of nitrogens with one attached hydrogen (secondary N) is 2. The summed E-state index contributed by atoms with van der Waals surface area (Å²) in [6.07, 6.45) is -0.573. The van der Waals surface area contributed by atoms with Crippen LogP contribution in [-0.4, -0.2) is 30.8 Å². The molecular weight excluding hydrogens is 384 g/mol. The second-order valence-electron chi connectivity index (χ2n) is 4.71. The Hall–Kier alpha value is -2.03. The van der Waals surface area contributed by atoms with Crippen molar-refractivity contribution in [2.45, 2.75) is 11.3 Å². The molecule has 132 valence electrons. The number of alkyl carbamates (subject to hydrolysis) is 1. The molecule has 1 aromatic carbocycles. The number of benzene rings is 1. The molecule has 0 atom stereocenters. The predicted octanol–water partition coefficient (Wildman–Crippen LogP) is 4.02. The van der Waals surface area contributed by atoms with E-state index in [-0.39, 0.29) is 17.9 Å². The van der Waals surface area contributed by atoms with Gasteiger partial charge in [-0.3, -0.25) is 14.9 Å². The quantitative estimate of drug-likeness (QED) is 0.718. The van der Waals surface area contributed by atoms with E-state index in [9.17, 15) is 14.4 Å². The lowest BCUT2D eigenvalue weighted by molar-refractivity contribution is -0.115. The molecule has 0 aliphatic heterocycles. The minimum absolute atomic E-state index is 0.212. The van der Waals surface area contributed by atoms with Crippen LogP contribution in [0.25, 0.3) is 0 Å². The highest BCUT2D eigenvalue weighted by atomic mass is 35.5. The topological polar surface area (TPSA) is 84.5 Å². The number of halogens is 1. The first-order chi connectivity index (χ1) is 12.0. The van der Waals surface area contributed by atoms with E-state index in [0.29, 0.717) is 15.8 Å². The number of thioether (sulfide) groups is 1. The van der Waals surface area contributed by atoms with Gasteiger partial charge in [0.25, 0.3) is 5.91 Å². The molecule has 9 heteroatoms. The number of ether oxygens (including phenoxy) is 1. The Bertz CT molecular complexity index is 762. The van der Waals surface area contributed by atoms with Gasteiger partial charge in [-0.1, -0.05) is 11.6 Å². The number of amides is 3. The molecule has 0 unspecified atom stereocenters. The third-order valence-electron chi connectivity index (χ3n) is 2.98. The SMILES string of the molecule is COC(=O)NC(=O)c1ccsc1NC(=O)CCSc1ccc(Cl)cc1. The number of anilines is 1. The van der Waals surface area contributed by atoms with Gasteiger partial charge in [0.15, 0.2) is 0 Å². The minimum Gasteiger partial charge on any atom is -0.453 e. The average Bonchev–Trinajstić information content (AvgIpc) is 3.04. The highest BCUT2D eigenvalue weighted by molar-refractivity contribution is 7.99. The maximum atomic E-state index is 12.0. The van der Waals surface area contributed by atoms with E-state index in [2.05, 4.69) is 15.4 Å². The molecule has 0 aliphatic rings. The van der Waals surface area contributed by atoms with E-state index in [0.717, 1.165) is 12.0 Å². The molecule has 6 nitrogen and oxygen atoms in total. The molecule has 0 bridgehead atoms. The van der Waals surface area contributed by atoms with Gasteiger partial charge in [-0.15, -0.1) is 23.1 Å². The molecule has 0 aliphatic carbocycles. The summed E-state index contributed by atoms with van der Waals surface area (Å²) in [4.78, 5) is 36.1. The zero-order valence-electron chi connectivity index (χ0n) is 13.2. The van der Waals surface area contributed by atoms with E-state index < -0.39 is 12.0 Å². The van der Waals surface area contributed by atoms with Crippen molar-refractivity contribution >= 4 is 57.6 Å². The molecule has 1 heterocycles.